The molecule has 2 aromatic heterocycles. The van der Waals surface area contributed by atoms with Crippen LogP contribution in [0.5, 0.6) is 5.75 Å². The first kappa shape index (κ1) is 22.5. The molecule has 1 unspecified atom stereocenters. The van der Waals surface area contributed by atoms with Crippen molar-refractivity contribution in [3.8, 4) is 5.75 Å². The van der Waals surface area contributed by atoms with Gasteiger partial charge in [-0.2, -0.15) is 4.52 Å². The predicted molar refractivity (Wildman–Crippen MR) is 119 cm³/mol. The molecule has 2 aromatic carbocycles. The van der Waals surface area contributed by atoms with E-state index in [9.17, 15) is 18.0 Å². The molecule has 0 bridgehead atoms. The number of aromatic amines is 1. The third-order valence-electron chi connectivity index (χ3n) is 5.43. The second-order valence-electron chi connectivity index (χ2n) is 7.94. The van der Waals surface area contributed by atoms with Gasteiger partial charge in [0.2, 0.25) is 14.9 Å². The third kappa shape index (κ3) is 4.07. The molecule has 0 saturated heterocycles. The summed E-state index contributed by atoms with van der Waals surface area (Å²) in [5.41, 5.74) is 1.24. The highest BCUT2D eigenvalue weighted by Gasteiger charge is 2.27. The number of hydrogen-bond donors (Lipinski definition) is 2. The van der Waals surface area contributed by atoms with Gasteiger partial charge in [-0.25, -0.2) is 8.42 Å². The molecule has 0 spiro atoms. The summed E-state index contributed by atoms with van der Waals surface area (Å²) in [6.07, 6.45) is 0.305. The van der Waals surface area contributed by atoms with Gasteiger partial charge >= 0.3 is 5.97 Å². The lowest BCUT2D eigenvalue weighted by molar-refractivity contribution is -0.141. The Morgan fingerprint density at radius 2 is 1.97 bits per heavy atom. The molecule has 0 saturated carbocycles. The van der Waals surface area contributed by atoms with Crippen LogP contribution in [-0.2, 0) is 14.6 Å². The van der Waals surface area contributed by atoms with E-state index >= 15 is 0 Å². The first-order chi connectivity index (χ1) is 15.6. The van der Waals surface area contributed by atoms with Gasteiger partial charge < -0.3 is 14.8 Å². The summed E-state index contributed by atoms with van der Waals surface area (Å²) < 4.78 is 33.5. The molecule has 0 radical (unpaired) electrons. The Bertz CT molecular complexity index is 1550. The predicted octanol–water partition coefficient (Wildman–Crippen LogP) is 2.51. The number of nitrogens with one attached hydrogen (secondary N) is 1. The highest BCUT2D eigenvalue weighted by atomic mass is 32.2. The largest absolute Gasteiger partial charge is 0.493 e. The summed E-state index contributed by atoms with van der Waals surface area (Å²) in [6.45, 7) is 5.30. The second-order valence-corrected chi connectivity index (χ2v) is 9.77. The van der Waals surface area contributed by atoms with Crippen LogP contribution in [0, 0.1) is 19.8 Å². The van der Waals surface area contributed by atoms with Crippen LogP contribution in [0.2, 0.25) is 0 Å². The lowest BCUT2D eigenvalue weighted by Crippen LogP contribution is -2.14. The molecule has 0 aliphatic heterocycles. The number of fused-ring (bicyclic) bond motifs is 3. The van der Waals surface area contributed by atoms with E-state index in [-0.39, 0.29) is 27.6 Å². The van der Waals surface area contributed by atoms with Gasteiger partial charge in [-0.3, -0.25) is 9.59 Å². The lowest BCUT2D eigenvalue weighted by atomic mass is 10.1. The summed E-state index contributed by atoms with van der Waals surface area (Å²) in [5.74, 6) is -1.08. The topological polar surface area (TPSA) is 144 Å². The number of H-pyrrole nitrogens is 1. The Balaban J connectivity index is 1.79. The number of sulfone groups is 1. The van der Waals surface area contributed by atoms with E-state index in [0.29, 0.717) is 23.3 Å². The Morgan fingerprint density at radius 1 is 1.21 bits per heavy atom. The van der Waals surface area contributed by atoms with Crippen LogP contribution in [0.4, 0.5) is 0 Å². The second kappa shape index (κ2) is 8.32. The fourth-order valence-corrected chi connectivity index (χ4v) is 5.02. The molecule has 2 heterocycles. The van der Waals surface area contributed by atoms with Gasteiger partial charge in [0.15, 0.2) is 5.65 Å². The van der Waals surface area contributed by atoms with Crippen LogP contribution >= 0.6 is 0 Å². The molecule has 0 amide bonds. The Morgan fingerprint density at radius 3 is 2.67 bits per heavy atom. The molecule has 0 aliphatic rings. The van der Waals surface area contributed by atoms with Crippen molar-refractivity contribution in [2.75, 3.05) is 6.61 Å². The number of aryl methyl sites for hydroxylation is 2. The molecule has 33 heavy (non-hydrogen) atoms. The zero-order valence-electron chi connectivity index (χ0n) is 18.2. The van der Waals surface area contributed by atoms with Crippen molar-refractivity contribution < 1.29 is 23.1 Å². The number of aliphatic carboxylic acids is 1. The first-order valence-corrected chi connectivity index (χ1v) is 11.7. The number of rotatable bonds is 7. The Kier molecular flexibility index (Phi) is 5.66. The van der Waals surface area contributed by atoms with E-state index < -0.39 is 27.3 Å². The summed E-state index contributed by atoms with van der Waals surface area (Å²) >= 11 is 0. The number of carbonyl (C=O) groups is 1. The first-order valence-electron chi connectivity index (χ1n) is 10.2. The number of carboxylic acids is 1. The minimum absolute atomic E-state index is 0.0517. The van der Waals surface area contributed by atoms with Crippen molar-refractivity contribution in [2.24, 2.45) is 5.92 Å². The smallest absolute Gasteiger partial charge is 0.306 e. The number of hydrogen-bond acceptors (Lipinski definition) is 7. The van der Waals surface area contributed by atoms with E-state index in [4.69, 9.17) is 9.84 Å². The average Bonchev–Trinajstić information content (AvgIpc) is 3.18. The number of benzene rings is 2. The van der Waals surface area contributed by atoms with Gasteiger partial charge in [0.05, 0.1) is 28.3 Å². The average molecular weight is 471 g/mol. The molecular weight excluding hydrogens is 448 g/mol. The minimum Gasteiger partial charge on any atom is -0.493 e. The van der Waals surface area contributed by atoms with Gasteiger partial charge in [-0.15, -0.1) is 5.10 Å². The molecular formula is C22H22N4O6S. The Hall–Kier alpha value is -3.73. The van der Waals surface area contributed by atoms with Crippen molar-refractivity contribution in [3.05, 3.63) is 57.9 Å². The zero-order valence-corrected chi connectivity index (χ0v) is 19.0. The van der Waals surface area contributed by atoms with Crippen LogP contribution in [0.25, 0.3) is 16.6 Å². The van der Waals surface area contributed by atoms with Crippen molar-refractivity contribution in [3.63, 3.8) is 0 Å². The fourth-order valence-electron chi connectivity index (χ4n) is 3.55. The molecule has 10 nitrogen and oxygen atoms in total. The quantitative estimate of drug-likeness (QED) is 0.419. The van der Waals surface area contributed by atoms with Crippen LogP contribution in [0.15, 0.2) is 51.1 Å². The number of carboxylic acid groups (broad SMARTS) is 1. The van der Waals surface area contributed by atoms with Crippen LogP contribution in [0.1, 0.15) is 24.5 Å². The van der Waals surface area contributed by atoms with Crippen molar-refractivity contribution in [1.29, 1.82) is 0 Å². The van der Waals surface area contributed by atoms with Gasteiger partial charge in [-0.05, 0) is 44.0 Å². The van der Waals surface area contributed by atoms with Gasteiger partial charge in [0, 0.05) is 6.07 Å². The maximum absolute atomic E-state index is 13.3. The number of ether oxygens (including phenoxy) is 1. The summed E-state index contributed by atoms with van der Waals surface area (Å²) in [6, 6.07) is 9.62. The van der Waals surface area contributed by atoms with E-state index in [2.05, 4.69) is 15.3 Å². The summed E-state index contributed by atoms with van der Waals surface area (Å²) in [5, 5.41) is 16.8. The normalized spacial score (nSPS) is 12.8. The van der Waals surface area contributed by atoms with Crippen molar-refractivity contribution >= 4 is 32.4 Å². The highest BCUT2D eigenvalue weighted by Crippen LogP contribution is 2.27. The van der Waals surface area contributed by atoms with Gasteiger partial charge in [0.1, 0.15) is 5.75 Å². The molecule has 11 heteroatoms. The maximum atomic E-state index is 13.3. The molecule has 1 atom stereocenters. The summed E-state index contributed by atoms with van der Waals surface area (Å²) in [4.78, 5) is 26.3. The molecule has 2 N–H and O–H groups in total. The van der Waals surface area contributed by atoms with E-state index in [0.717, 1.165) is 5.56 Å². The standard InChI is InChI=1S/C22H22N4O6S/c1-12-4-7-18(14(3)10-12)33(30,31)21-19-23-20(27)16-6-5-15(11-17(16)26(19)25-24-21)32-9-8-13(2)22(28)29/h4-7,10-11,13H,8-9H2,1-3H3,(H,23,27)(H,28,29). The van der Waals surface area contributed by atoms with Gasteiger partial charge in [0.25, 0.3) is 5.56 Å². The van der Waals surface area contributed by atoms with E-state index in [1.165, 1.54) is 16.6 Å². The Labute approximate surface area is 188 Å². The number of aromatic nitrogens is 4. The third-order valence-corrected chi connectivity index (χ3v) is 7.25. The zero-order chi connectivity index (χ0) is 23.9. The van der Waals surface area contributed by atoms with Crippen molar-refractivity contribution in [2.45, 2.75) is 37.1 Å². The fraction of sp³-hybridized carbons (Fsp3) is 0.273. The lowest BCUT2D eigenvalue weighted by Gasteiger charge is -2.10. The highest BCUT2D eigenvalue weighted by molar-refractivity contribution is 7.91. The van der Waals surface area contributed by atoms with Crippen LogP contribution < -0.4 is 10.3 Å². The van der Waals surface area contributed by atoms with Crippen LogP contribution in [-0.4, -0.2) is 45.9 Å². The van der Waals surface area contributed by atoms with Crippen LogP contribution in [0.3, 0.4) is 0 Å². The number of nitrogens with zero attached hydrogens (tertiary/aromatic N) is 3. The van der Waals surface area contributed by atoms with Gasteiger partial charge in [-0.1, -0.05) is 29.8 Å². The molecule has 4 rings (SSSR count). The van der Waals surface area contributed by atoms with Crippen molar-refractivity contribution in [1.82, 2.24) is 19.8 Å². The monoisotopic (exact) mass is 470 g/mol. The molecule has 172 valence electrons. The SMILES string of the molecule is Cc1ccc(S(=O)(=O)c2nnn3c2[nH]c(=O)c2ccc(OCCC(C)C(=O)O)cc23)c(C)c1. The van der Waals surface area contributed by atoms with E-state index in [1.807, 2.05) is 6.92 Å². The molecule has 0 fully saturated rings. The van der Waals surface area contributed by atoms with E-state index in [1.54, 1.807) is 38.1 Å². The summed E-state index contributed by atoms with van der Waals surface area (Å²) in [7, 11) is -4.05. The molecule has 4 aromatic rings. The maximum Gasteiger partial charge on any atom is 0.306 e. The molecule has 0 aliphatic carbocycles. The minimum atomic E-state index is -4.05.